The second kappa shape index (κ2) is 7.16. The average Bonchev–Trinajstić information content (AvgIpc) is 2.94. The van der Waals surface area contributed by atoms with Gasteiger partial charge in [0, 0.05) is 21.1 Å². The largest absolute Gasteiger partial charge is 0.427 e. The van der Waals surface area contributed by atoms with Gasteiger partial charge in [-0.25, -0.2) is 0 Å². The third kappa shape index (κ3) is 3.18. The summed E-state index contributed by atoms with van der Waals surface area (Å²) in [6.45, 7) is 1.71. The zero-order valence-corrected chi connectivity index (χ0v) is 14.0. The third-order valence-electron chi connectivity index (χ3n) is 4.22. The van der Waals surface area contributed by atoms with Gasteiger partial charge in [-0.15, -0.1) is 0 Å². The normalized spacial score (nSPS) is 35.0. The molecule has 1 aromatic carbocycles. The number of rotatable bonds is 6. The van der Waals surface area contributed by atoms with Crippen molar-refractivity contribution in [2.24, 2.45) is 0 Å². The van der Waals surface area contributed by atoms with Gasteiger partial charge in [-0.2, -0.15) is 0 Å². The average molecular weight is 338 g/mol. The topological polar surface area (TPSA) is 72.5 Å². The molecule has 2 fully saturated rings. The molecule has 24 heavy (non-hydrogen) atoms. The Hall–Kier alpha value is -1.51. The van der Waals surface area contributed by atoms with E-state index in [9.17, 15) is 4.79 Å². The molecular formula is C17H22O7. The van der Waals surface area contributed by atoms with E-state index < -0.39 is 36.4 Å². The van der Waals surface area contributed by atoms with Crippen molar-refractivity contribution in [2.75, 3.05) is 20.8 Å². The molecule has 132 valence electrons. The Morgan fingerprint density at radius 1 is 1.21 bits per heavy atom. The Bertz CT molecular complexity index is 563. The smallest absolute Gasteiger partial charge is 0.305 e. The minimum atomic E-state index is -1.33. The molecule has 0 aromatic heterocycles. The highest BCUT2D eigenvalue weighted by Gasteiger charge is 2.63. The van der Waals surface area contributed by atoms with Crippen LogP contribution in [0.4, 0.5) is 0 Å². The maximum absolute atomic E-state index is 11.6. The maximum Gasteiger partial charge on any atom is 0.305 e. The Morgan fingerprint density at radius 3 is 2.54 bits per heavy atom. The monoisotopic (exact) mass is 338 g/mol. The van der Waals surface area contributed by atoms with Crippen molar-refractivity contribution >= 4 is 5.97 Å². The van der Waals surface area contributed by atoms with E-state index in [1.807, 2.05) is 30.3 Å². The number of esters is 1. The van der Waals surface area contributed by atoms with E-state index in [-0.39, 0.29) is 6.61 Å². The summed E-state index contributed by atoms with van der Waals surface area (Å²) in [5.41, 5.74) is 0.986. The molecule has 7 heteroatoms. The van der Waals surface area contributed by atoms with Crippen LogP contribution in [0, 0.1) is 0 Å². The predicted octanol–water partition coefficient (Wildman–Crippen LogP) is 1.25. The van der Waals surface area contributed by atoms with Crippen LogP contribution >= 0.6 is 0 Å². The Morgan fingerprint density at radius 2 is 1.92 bits per heavy atom. The number of hydrogen-bond donors (Lipinski definition) is 0. The highest BCUT2D eigenvalue weighted by molar-refractivity contribution is 5.66. The second-order valence-electron chi connectivity index (χ2n) is 5.82. The van der Waals surface area contributed by atoms with Gasteiger partial charge in [-0.3, -0.25) is 4.79 Å². The first-order valence-corrected chi connectivity index (χ1v) is 7.80. The first-order chi connectivity index (χ1) is 11.6. The molecule has 0 N–H and O–H groups in total. The van der Waals surface area contributed by atoms with E-state index in [0.717, 1.165) is 5.56 Å². The molecule has 0 saturated carbocycles. The fourth-order valence-electron chi connectivity index (χ4n) is 3.19. The van der Waals surface area contributed by atoms with E-state index in [4.69, 9.17) is 28.4 Å². The summed E-state index contributed by atoms with van der Waals surface area (Å²) in [6.07, 6.45) is -2.34. The van der Waals surface area contributed by atoms with E-state index >= 15 is 0 Å². The van der Waals surface area contributed by atoms with Crippen molar-refractivity contribution in [3.63, 3.8) is 0 Å². The number of carbonyl (C=O) groups excluding carboxylic acids is 1. The number of fused-ring (bicyclic) bond motifs is 2. The van der Waals surface area contributed by atoms with E-state index in [1.54, 1.807) is 14.2 Å². The van der Waals surface area contributed by atoms with Crippen molar-refractivity contribution < 1.29 is 33.2 Å². The van der Waals surface area contributed by atoms with Crippen molar-refractivity contribution in [2.45, 2.75) is 43.9 Å². The highest BCUT2D eigenvalue weighted by Crippen LogP contribution is 2.41. The van der Waals surface area contributed by atoms with E-state index in [0.29, 0.717) is 6.61 Å². The Kier molecular flexibility index (Phi) is 5.17. The summed E-state index contributed by atoms with van der Waals surface area (Å²) in [7, 11) is 3.11. The first kappa shape index (κ1) is 17.3. The van der Waals surface area contributed by atoms with Crippen LogP contribution in [0.2, 0.25) is 0 Å². The Labute approximate surface area is 140 Å². The molecule has 0 radical (unpaired) electrons. The molecule has 0 spiro atoms. The lowest BCUT2D eigenvalue weighted by Gasteiger charge is -2.44. The minimum Gasteiger partial charge on any atom is -0.427 e. The van der Waals surface area contributed by atoms with E-state index in [1.165, 1.54) is 6.92 Å². The quantitative estimate of drug-likeness (QED) is 0.723. The summed E-state index contributed by atoms with van der Waals surface area (Å²) in [5, 5.41) is 0. The summed E-state index contributed by atoms with van der Waals surface area (Å²) >= 11 is 0. The van der Waals surface area contributed by atoms with Crippen LogP contribution in [0.15, 0.2) is 30.3 Å². The van der Waals surface area contributed by atoms with Crippen LogP contribution < -0.4 is 0 Å². The van der Waals surface area contributed by atoms with Crippen molar-refractivity contribution in [3.05, 3.63) is 35.9 Å². The zero-order chi connectivity index (χ0) is 17.2. The van der Waals surface area contributed by atoms with Gasteiger partial charge in [-0.05, 0) is 5.56 Å². The summed E-state index contributed by atoms with van der Waals surface area (Å²) in [6, 6.07) is 9.69. The molecule has 2 bridgehead atoms. The Balaban J connectivity index is 1.85. The predicted molar refractivity (Wildman–Crippen MR) is 81.9 cm³/mol. The molecule has 0 aliphatic carbocycles. The van der Waals surface area contributed by atoms with Crippen LogP contribution in [0.25, 0.3) is 0 Å². The molecule has 7 nitrogen and oxygen atoms in total. The fourth-order valence-corrected chi connectivity index (χ4v) is 3.19. The van der Waals surface area contributed by atoms with Crippen LogP contribution in [0.1, 0.15) is 12.5 Å². The van der Waals surface area contributed by atoms with Gasteiger partial charge in [0.1, 0.15) is 18.8 Å². The van der Waals surface area contributed by atoms with Gasteiger partial charge in [0.15, 0.2) is 12.4 Å². The van der Waals surface area contributed by atoms with Gasteiger partial charge < -0.3 is 28.4 Å². The summed E-state index contributed by atoms with van der Waals surface area (Å²) in [4.78, 5) is 11.6. The fraction of sp³-hybridized carbons (Fsp3) is 0.588. The lowest BCUT2D eigenvalue weighted by Crippen LogP contribution is -2.64. The first-order valence-electron chi connectivity index (χ1n) is 7.80. The highest BCUT2D eigenvalue weighted by atomic mass is 16.9. The van der Waals surface area contributed by atoms with Crippen LogP contribution in [0.5, 0.6) is 0 Å². The molecule has 2 saturated heterocycles. The molecule has 2 aliphatic rings. The lowest BCUT2D eigenvalue weighted by molar-refractivity contribution is -0.339. The number of methoxy groups -OCH3 is 2. The van der Waals surface area contributed by atoms with Crippen LogP contribution in [-0.2, 0) is 39.8 Å². The van der Waals surface area contributed by atoms with Crippen LogP contribution in [-0.4, -0.2) is 57.2 Å². The standard InChI is InChI=1S/C17H22O7/c1-11(18)23-17-10-22-16(24-17)14(20-3)13(19-2)15(17)21-9-12-7-5-4-6-8-12/h4-8,13-16H,9-10H2,1-3H3/t13-,14-,15+,16+,17+/m1/s1. The number of benzene rings is 1. The molecular weight excluding hydrogens is 316 g/mol. The molecule has 1 aromatic rings. The van der Waals surface area contributed by atoms with Gasteiger partial charge in [-0.1, -0.05) is 30.3 Å². The number of hydrogen-bond acceptors (Lipinski definition) is 7. The summed E-state index contributed by atoms with van der Waals surface area (Å²) < 4.78 is 34.0. The SMILES string of the molecule is CO[C@@H]1[C@@H](OC)[C@H]2OC[C@](OC(C)=O)(O2)[C@H]1OCc1ccccc1. The zero-order valence-electron chi connectivity index (χ0n) is 14.0. The molecule has 3 rings (SSSR count). The van der Waals surface area contributed by atoms with Crippen LogP contribution in [0.3, 0.4) is 0 Å². The second-order valence-corrected chi connectivity index (χ2v) is 5.82. The number of carbonyl (C=O) groups is 1. The van der Waals surface area contributed by atoms with Gasteiger partial charge in [0.25, 0.3) is 5.79 Å². The van der Waals surface area contributed by atoms with Gasteiger partial charge in [0.05, 0.1) is 6.61 Å². The van der Waals surface area contributed by atoms with Gasteiger partial charge >= 0.3 is 5.97 Å². The molecule has 2 aliphatic heterocycles. The maximum atomic E-state index is 11.6. The number of ether oxygens (including phenoxy) is 6. The molecule has 2 heterocycles. The van der Waals surface area contributed by atoms with Gasteiger partial charge in [0.2, 0.25) is 0 Å². The minimum absolute atomic E-state index is 0.0659. The lowest BCUT2D eigenvalue weighted by atomic mass is 9.97. The molecule has 0 amide bonds. The van der Waals surface area contributed by atoms with Crippen molar-refractivity contribution in [1.82, 2.24) is 0 Å². The van der Waals surface area contributed by atoms with E-state index in [2.05, 4.69) is 0 Å². The summed E-state index contributed by atoms with van der Waals surface area (Å²) in [5.74, 6) is -1.81. The molecule has 0 unspecified atom stereocenters. The van der Waals surface area contributed by atoms with Crippen molar-refractivity contribution in [3.8, 4) is 0 Å². The molecule has 5 atom stereocenters. The third-order valence-corrected chi connectivity index (χ3v) is 4.22. The van der Waals surface area contributed by atoms with Crippen molar-refractivity contribution in [1.29, 1.82) is 0 Å².